The topological polar surface area (TPSA) is 84.4 Å². The van der Waals surface area contributed by atoms with Crippen molar-refractivity contribution in [2.75, 3.05) is 44.8 Å². The molecule has 2 amide bonds. The second-order valence-electron chi connectivity index (χ2n) is 12.3. The number of hydrogen-bond donors (Lipinski definition) is 0. The summed E-state index contributed by atoms with van der Waals surface area (Å²) in [5.41, 5.74) is 2.04. The van der Waals surface area contributed by atoms with Gasteiger partial charge in [-0.2, -0.15) is 0 Å². The Morgan fingerprint density at radius 1 is 1.15 bits per heavy atom. The Bertz CT molecular complexity index is 1210. The summed E-state index contributed by atoms with van der Waals surface area (Å²) >= 11 is 0. The molecule has 2 atom stereocenters. The number of rotatable bonds is 6. The minimum atomic E-state index is -0.576. The Kier molecular flexibility index (Phi) is 8.23. The molecule has 9 nitrogen and oxygen atoms in total. The first-order chi connectivity index (χ1) is 18.3. The van der Waals surface area contributed by atoms with Crippen LogP contribution >= 0.6 is 0 Å². The monoisotopic (exact) mass is 538 g/mol. The molecule has 1 aromatic heterocycles. The fourth-order valence-electron chi connectivity index (χ4n) is 5.29. The van der Waals surface area contributed by atoms with Crippen LogP contribution in [-0.2, 0) is 19.7 Å². The number of aryl methyl sites for hydroxylation is 1. The lowest BCUT2D eigenvalue weighted by Gasteiger charge is -2.45. The molecule has 1 saturated heterocycles. The number of methoxy groups -OCH3 is 1. The Labute approximate surface area is 232 Å². The molecule has 3 heterocycles. The molecule has 4 rings (SSSR count). The summed E-state index contributed by atoms with van der Waals surface area (Å²) in [6.07, 6.45) is 1.48. The average Bonchev–Trinajstić information content (AvgIpc) is 3.11. The third kappa shape index (κ3) is 6.53. The number of pyridine rings is 1. The van der Waals surface area contributed by atoms with Crippen molar-refractivity contribution >= 4 is 17.7 Å². The van der Waals surface area contributed by atoms with Crippen LogP contribution < -0.4 is 9.64 Å². The molecule has 0 saturated carbocycles. The lowest BCUT2D eigenvalue weighted by molar-refractivity contribution is -0.121. The maximum atomic E-state index is 13.8. The molecule has 9 heteroatoms. The maximum absolute atomic E-state index is 13.8. The van der Waals surface area contributed by atoms with Crippen molar-refractivity contribution in [3.63, 3.8) is 0 Å². The largest absolute Gasteiger partial charge is 0.444 e. The summed E-state index contributed by atoms with van der Waals surface area (Å²) in [7, 11) is 1.64. The van der Waals surface area contributed by atoms with Crippen LogP contribution in [0.4, 0.5) is 10.5 Å². The number of anilines is 1. The SMILES string of the molecule is COC[C@H]1CN(C(=O)OC(C)(C)C)[C@H](C)CN1CC(=O)N1CC(C)(C)c2cnc(Oc3ccccc3C)cc21. The van der Waals surface area contributed by atoms with Gasteiger partial charge >= 0.3 is 6.09 Å². The Morgan fingerprint density at radius 3 is 2.54 bits per heavy atom. The van der Waals surface area contributed by atoms with Gasteiger partial charge in [-0.15, -0.1) is 0 Å². The van der Waals surface area contributed by atoms with Gasteiger partial charge in [0.05, 0.1) is 24.9 Å². The third-order valence-corrected chi connectivity index (χ3v) is 7.32. The lowest BCUT2D eigenvalue weighted by atomic mass is 9.88. The number of aromatic nitrogens is 1. The normalized spacial score (nSPS) is 21.0. The minimum absolute atomic E-state index is 0.00566. The van der Waals surface area contributed by atoms with E-state index >= 15 is 0 Å². The molecule has 2 aliphatic heterocycles. The number of nitrogens with zero attached hydrogens (tertiary/aromatic N) is 4. The van der Waals surface area contributed by atoms with E-state index in [2.05, 4.69) is 23.7 Å². The van der Waals surface area contributed by atoms with Gasteiger partial charge in [-0.05, 0) is 46.2 Å². The van der Waals surface area contributed by atoms with Crippen LogP contribution in [0.3, 0.4) is 0 Å². The molecule has 1 aromatic carbocycles. The highest BCUT2D eigenvalue weighted by atomic mass is 16.6. The first-order valence-electron chi connectivity index (χ1n) is 13.6. The van der Waals surface area contributed by atoms with E-state index in [1.54, 1.807) is 12.0 Å². The number of ether oxygens (including phenoxy) is 3. The smallest absolute Gasteiger partial charge is 0.410 e. The average molecular weight is 539 g/mol. The number of carbonyl (C=O) groups excluding carboxylic acids is 2. The molecule has 2 aliphatic rings. The molecule has 1 fully saturated rings. The van der Waals surface area contributed by atoms with Gasteiger partial charge < -0.3 is 24.0 Å². The number of piperazine rings is 1. The van der Waals surface area contributed by atoms with Gasteiger partial charge in [-0.1, -0.05) is 32.0 Å². The Morgan fingerprint density at radius 2 is 1.87 bits per heavy atom. The van der Waals surface area contributed by atoms with Gasteiger partial charge in [0.25, 0.3) is 0 Å². The molecule has 212 valence electrons. The van der Waals surface area contributed by atoms with Crippen LogP contribution in [0.25, 0.3) is 0 Å². The number of para-hydroxylation sites is 1. The summed E-state index contributed by atoms with van der Waals surface area (Å²) in [4.78, 5) is 36.9. The molecular formula is C30H42N4O5. The Balaban J connectivity index is 1.52. The predicted molar refractivity (Wildman–Crippen MR) is 151 cm³/mol. The van der Waals surface area contributed by atoms with E-state index in [1.807, 2.05) is 76.0 Å². The molecule has 0 spiro atoms. The summed E-state index contributed by atoms with van der Waals surface area (Å²) in [5, 5.41) is 0. The van der Waals surface area contributed by atoms with Crippen LogP contribution in [0.15, 0.2) is 36.5 Å². The van der Waals surface area contributed by atoms with Crippen molar-refractivity contribution in [2.45, 2.75) is 71.6 Å². The van der Waals surface area contributed by atoms with E-state index in [0.717, 1.165) is 22.6 Å². The first-order valence-corrected chi connectivity index (χ1v) is 13.6. The van der Waals surface area contributed by atoms with Crippen LogP contribution in [-0.4, -0.2) is 84.4 Å². The fraction of sp³-hybridized carbons (Fsp3) is 0.567. The highest BCUT2D eigenvalue weighted by Gasteiger charge is 2.41. The van der Waals surface area contributed by atoms with E-state index < -0.39 is 5.60 Å². The minimum Gasteiger partial charge on any atom is -0.444 e. The maximum Gasteiger partial charge on any atom is 0.410 e. The van der Waals surface area contributed by atoms with Crippen molar-refractivity contribution in [1.82, 2.24) is 14.8 Å². The number of fused-ring (bicyclic) bond motifs is 1. The van der Waals surface area contributed by atoms with Gasteiger partial charge in [0.2, 0.25) is 11.8 Å². The summed E-state index contributed by atoms with van der Waals surface area (Å²) in [6, 6.07) is 9.41. The van der Waals surface area contributed by atoms with E-state index in [0.29, 0.717) is 32.1 Å². The quantitative estimate of drug-likeness (QED) is 0.524. The van der Waals surface area contributed by atoms with E-state index in [9.17, 15) is 9.59 Å². The Hall–Kier alpha value is -3.17. The molecule has 0 bridgehead atoms. The van der Waals surface area contributed by atoms with E-state index in [-0.39, 0.29) is 36.0 Å². The van der Waals surface area contributed by atoms with Crippen molar-refractivity contribution in [2.24, 2.45) is 0 Å². The van der Waals surface area contributed by atoms with Crippen LogP contribution in [0, 0.1) is 6.92 Å². The molecule has 0 aliphatic carbocycles. The predicted octanol–water partition coefficient (Wildman–Crippen LogP) is 4.76. The van der Waals surface area contributed by atoms with Gasteiger partial charge in [0, 0.05) is 56.0 Å². The molecule has 2 aromatic rings. The van der Waals surface area contributed by atoms with Crippen molar-refractivity contribution in [3.05, 3.63) is 47.7 Å². The van der Waals surface area contributed by atoms with Crippen LogP contribution in [0.1, 0.15) is 52.7 Å². The number of amides is 2. The second kappa shape index (κ2) is 11.1. The number of carbonyl (C=O) groups is 2. The van der Waals surface area contributed by atoms with Crippen molar-refractivity contribution in [3.8, 4) is 11.6 Å². The molecule has 0 unspecified atom stereocenters. The van der Waals surface area contributed by atoms with Gasteiger partial charge in [0.15, 0.2) is 0 Å². The fourth-order valence-corrected chi connectivity index (χ4v) is 5.29. The first kappa shape index (κ1) is 28.8. The molecule has 0 N–H and O–H groups in total. The number of benzene rings is 1. The number of hydrogen-bond acceptors (Lipinski definition) is 7. The summed E-state index contributed by atoms with van der Waals surface area (Å²) < 4.78 is 17.2. The van der Waals surface area contributed by atoms with Gasteiger partial charge in [0.1, 0.15) is 11.4 Å². The zero-order valence-electron chi connectivity index (χ0n) is 24.5. The lowest BCUT2D eigenvalue weighted by Crippen LogP contribution is -2.62. The summed E-state index contributed by atoms with van der Waals surface area (Å²) in [5.74, 6) is 1.18. The van der Waals surface area contributed by atoms with E-state index in [1.165, 1.54) is 0 Å². The highest BCUT2D eigenvalue weighted by molar-refractivity contribution is 5.97. The highest BCUT2D eigenvalue weighted by Crippen LogP contribution is 2.42. The molecular weight excluding hydrogens is 496 g/mol. The van der Waals surface area contributed by atoms with E-state index in [4.69, 9.17) is 14.2 Å². The molecule has 0 radical (unpaired) electrons. The van der Waals surface area contributed by atoms with Crippen molar-refractivity contribution in [1.29, 1.82) is 0 Å². The second-order valence-corrected chi connectivity index (χ2v) is 12.3. The van der Waals surface area contributed by atoms with Crippen LogP contribution in [0.2, 0.25) is 0 Å². The summed E-state index contributed by atoms with van der Waals surface area (Å²) in [6.45, 7) is 15.9. The van der Waals surface area contributed by atoms with Crippen LogP contribution in [0.5, 0.6) is 11.6 Å². The zero-order chi connectivity index (χ0) is 28.5. The third-order valence-electron chi connectivity index (χ3n) is 7.32. The zero-order valence-corrected chi connectivity index (χ0v) is 24.5. The van der Waals surface area contributed by atoms with Gasteiger partial charge in [-0.25, -0.2) is 9.78 Å². The van der Waals surface area contributed by atoms with Crippen molar-refractivity contribution < 1.29 is 23.8 Å². The molecule has 39 heavy (non-hydrogen) atoms. The standard InChI is InChI=1S/C30H42N4O5/c1-20-11-9-10-12-25(20)38-26-13-24-23(14-31-26)30(6,7)19-34(24)27(35)17-32-15-21(2)33(16-22(32)18-37-8)28(36)39-29(3,4)5/h9-14,21-22H,15-19H2,1-8H3/t21-,22-/m1/s1. The van der Waals surface area contributed by atoms with Gasteiger partial charge in [-0.3, -0.25) is 9.69 Å².